The average Bonchev–Trinajstić information content (AvgIpc) is 2.79. The lowest BCUT2D eigenvalue weighted by Crippen LogP contribution is -2.41. The topological polar surface area (TPSA) is 144 Å². The summed E-state index contributed by atoms with van der Waals surface area (Å²) >= 11 is 1.52. The van der Waals surface area contributed by atoms with Gasteiger partial charge in [0, 0.05) is 29.1 Å². The number of hydrogen-bond acceptors (Lipinski definition) is 7. The van der Waals surface area contributed by atoms with Crippen molar-refractivity contribution in [1.29, 1.82) is 0 Å². The molecule has 11 heteroatoms. The number of aryl methyl sites for hydroxylation is 3. The number of thioether (sulfide) groups is 1. The van der Waals surface area contributed by atoms with E-state index in [1.165, 1.54) is 23.9 Å². The summed E-state index contributed by atoms with van der Waals surface area (Å²) < 4.78 is 22.6. The number of carbonyl (C=O) groups excluding carboxylic acids is 2. The van der Waals surface area contributed by atoms with Crippen molar-refractivity contribution < 1.29 is 18.0 Å². The quantitative estimate of drug-likeness (QED) is 0.245. The molecule has 1 aromatic heterocycles. The third-order valence-electron chi connectivity index (χ3n) is 4.75. The Hall–Kier alpha value is -3.28. The first-order chi connectivity index (χ1) is 16.1. The third kappa shape index (κ3) is 7.65. The molecule has 1 heterocycles. The zero-order valence-corrected chi connectivity index (χ0v) is 20.4. The van der Waals surface area contributed by atoms with Gasteiger partial charge in [-0.15, -0.1) is 0 Å². The van der Waals surface area contributed by atoms with Gasteiger partial charge in [-0.1, -0.05) is 36.0 Å². The molecule has 178 valence electrons. The maximum Gasteiger partial charge on any atom is 0.269 e. The first-order valence-electron chi connectivity index (χ1n) is 10.3. The highest BCUT2D eigenvalue weighted by atomic mass is 32.2. The summed E-state index contributed by atoms with van der Waals surface area (Å²) in [5, 5.41) is 5.77. The van der Waals surface area contributed by atoms with E-state index in [9.17, 15) is 18.0 Å². The van der Waals surface area contributed by atoms with Crippen LogP contribution in [-0.4, -0.2) is 30.2 Å². The number of nitrogens with two attached hydrogens (primary N) is 1. The van der Waals surface area contributed by atoms with E-state index in [-0.39, 0.29) is 17.2 Å². The van der Waals surface area contributed by atoms with Crippen molar-refractivity contribution in [2.24, 2.45) is 5.14 Å². The van der Waals surface area contributed by atoms with Crippen molar-refractivity contribution in [3.63, 3.8) is 0 Å². The summed E-state index contributed by atoms with van der Waals surface area (Å²) in [5.74, 6) is -0.132. The molecule has 9 nitrogen and oxygen atoms in total. The summed E-state index contributed by atoms with van der Waals surface area (Å²) in [6.07, 6.45) is 0.495. The molecule has 0 aliphatic carbocycles. The summed E-state index contributed by atoms with van der Waals surface area (Å²) in [7, 11) is -3.75. The molecule has 0 atom stereocenters. The predicted molar refractivity (Wildman–Crippen MR) is 129 cm³/mol. The molecule has 0 saturated heterocycles. The highest BCUT2D eigenvalue weighted by Gasteiger charge is 2.10. The fourth-order valence-corrected chi connectivity index (χ4v) is 4.44. The molecule has 0 spiro atoms. The number of benzene rings is 2. The molecule has 2 aromatic carbocycles. The Labute approximate surface area is 202 Å². The Bertz CT molecular complexity index is 1260. The zero-order valence-electron chi connectivity index (χ0n) is 18.7. The third-order valence-corrected chi connectivity index (χ3v) is 6.60. The van der Waals surface area contributed by atoms with Gasteiger partial charge in [0.25, 0.3) is 5.91 Å². The van der Waals surface area contributed by atoms with Crippen LogP contribution in [0.15, 0.2) is 64.6 Å². The maximum atomic E-state index is 12.3. The standard InChI is InChI=1S/C23H25N5O4S2/c1-15-13-16(2)26-23(25-15)33-14-18-3-8-19(9-4-18)22(30)28-27-21(29)12-7-17-5-10-20(11-6-17)34(24,31)32/h3-6,8-11,13H,7,12,14H2,1-2H3,(H,27,29)(H,28,30)(H2,24,31,32). The summed E-state index contributed by atoms with van der Waals surface area (Å²) in [6.45, 7) is 3.86. The molecular formula is C23H25N5O4S2. The predicted octanol–water partition coefficient (Wildman–Crippen LogP) is 2.43. The number of rotatable bonds is 8. The van der Waals surface area contributed by atoms with E-state index in [1.807, 2.05) is 32.0 Å². The van der Waals surface area contributed by atoms with Gasteiger partial charge in [-0.25, -0.2) is 23.5 Å². The SMILES string of the molecule is Cc1cc(C)nc(SCc2ccc(C(=O)NNC(=O)CCc3ccc(S(N)(=O)=O)cc3)cc2)n1. The fraction of sp³-hybridized carbons (Fsp3) is 0.217. The number of sulfonamides is 1. The molecular weight excluding hydrogens is 474 g/mol. The first kappa shape index (κ1) is 25.3. The van der Waals surface area contributed by atoms with Crippen LogP contribution in [0.25, 0.3) is 0 Å². The van der Waals surface area contributed by atoms with Gasteiger partial charge in [-0.3, -0.25) is 20.4 Å². The van der Waals surface area contributed by atoms with E-state index < -0.39 is 15.9 Å². The molecule has 34 heavy (non-hydrogen) atoms. The lowest BCUT2D eigenvalue weighted by Gasteiger charge is -2.08. The Morgan fingerprint density at radius 1 is 0.912 bits per heavy atom. The highest BCUT2D eigenvalue weighted by Crippen LogP contribution is 2.20. The smallest absolute Gasteiger partial charge is 0.269 e. The maximum absolute atomic E-state index is 12.3. The van der Waals surface area contributed by atoms with Crippen LogP contribution >= 0.6 is 11.8 Å². The van der Waals surface area contributed by atoms with Crippen molar-refractivity contribution in [3.05, 3.63) is 82.7 Å². The second-order valence-electron chi connectivity index (χ2n) is 7.61. The van der Waals surface area contributed by atoms with Gasteiger partial charge in [0.15, 0.2) is 5.16 Å². The molecule has 2 amide bonds. The van der Waals surface area contributed by atoms with Crippen molar-refractivity contribution in [2.75, 3.05) is 0 Å². The van der Waals surface area contributed by atoms with Crippen molar-refractivity contribution in [3.8, 4) is 0 Å². The Morgan fingerprint density at radius 3 is 2.09 bits per heavy atom. The van der Waals surface area contributed by atoms with Gasteiger partial charge in [0.2, 0.25) is 15.9 Å². The number of aromatic nitrogens is 2. The minimum Gasteiger partial charge on any atom is -0.273 e. The molecule has 3 rings (SSSR count). The van der Waals surface area contributed by atoms with E-state index in [1.54, 1.807) is 24.3 Å². The molecule has 4 N–H and O–H groups in total. The molecule has 0 saturated carbocycles. The molecule has 0 radical (unpaired) electrons. The summed E-state index contributed by atoms with van der Waals surface area (Å²) in [6, 6.07) is 15.0. The fourth-order valence-electron chi connectivity index (χ4n) is 3.02. The largest absolute Gasteiger partial charge is 0.273 e. The molecule has 3 aromatic rings. The van der Waals surface area contributed by atoms with Crippen LogP contribution < -0.4 is 16.0 Å². The van der Waals surface area contributed by atoms with Crippen LogP contribution in [0.5, 0.6) is 0 Å². The van der Waals surface area contributed by atoms with Gasteiger partial charge in [-0.2, -0.15) is 0 Å². The van der Waals surface area contributed by atoms with Gasteiger partial charge in [0.05, 0.1) is 4.90 Å². The number of nitrogens with one attached hydrogen (secondary N) is 2. The number of carbonyl (C=O) groups is 2. The van der Waals surface area contributed by atoms with Crippen molar-refractivity contribution >= 4 is 33.6 Å². The van der Waals surface area contributed by atoms with E-state index in [4.69, 9.17) is 5.14 Å². The van der Waals surface area contributed by atoms with Crippen molar-refractivity contribution in [2.45, 2.75) is 42.5 Å². The Balaban J connectivity index is 1.43. The zero-order chi connectivity index (χ0) is 24.7. The lowest BCUT2D eigenvalue weighted by atomic mass is 10.1. The number of hydrogen-bond donors (Lipinski definition) is 3. The summed E-state index contributed by atoms with van der Waals surface area (Å²) in [4.78, 5) is 33.2. The minimum atomic E-state index is -3.75. The van der Waals surface area contributed by atoms with E-state index in [0.717, 1.165) is 22.5 Å². The van der Waals surface area contributed by atoms with Gasteiger partial charge >= 0.3 is 0 Å². The number of nitrogens with zero attached hydrogens (tertiary/aromatic N) is 2. The van der Waals surface area contributed by atoms with Gasteiger partial charge in [0.1, 0.15) is 0 Å². The number of primary sulfonamides is 1. The van der Waals surface area contributed by atoms with Crippen LogP contribution in [0.3, 0.4) is 0 Å². The van der Waals surface area contributed by atoms with Gasteiger partial charge < -0.3 is 0 Å². The van der Waals surface area contributed by atoms with Crippen LogP contribution in [0.4, 0.5) is 0 Å². The first-order valence-corrected chi connectivity index (χ1v) is 12.9. The van der Waals surface area contributed by atoms with Crippen LogP contribution in [0.2, 0.25) is 0 Å². The van der Waals surface area contributed by atoms with E-state index in [2.05, 4.69) is 20.8 Å². The number of hydrazine groups is 1. The average molecular weight is 500 g/mol. The van der Waals surface area contributed by atoms with Crippen LogP contribution in [0, 0.1) is 13.8 Å². The van der Waals surface area contributed by atoms with E-state index in [0.29, 0.717) is 22.9 Å². The summed E-state index contributed by atoms with van der Waals surface area (Å²) in [5.41, 5.74) is 8.82. The van der Waals surface area contributed by atoms with Crippen LogP contribution in [-0.2, 0) is 27.0 Å². The molecule has 0 aliphatic heterocycles. The lowest BCUT2D eigenvalue weighted by molar-refractivity contribution is -0.121. The van der Waals surface area contributed by atoms with E-state index >= 15 is 0 Å². The molecule has 0 unspecified atom stereocenters. The normalized spacial score (nSPS) is 11.1. The number of amides is 2. The second kappa shape index (κ2) is 11.2. The Kier molecular flexibility index (Phi) is 8.37. The highest BCUT2D eigenvalue weighted by molar-refractivity contribution is 7.98. The van der Waals surface area contributed by atoms with Crippen LogP contribution in [0.1, 0.15) is 39.3 Å². The Morgan fingerprint density at radius 2 is 1.50 bits per heavy atom. The van der Waals surface area contributed by atoms with Crippen molar-refractivity contribution in [1.82, 2.24) is 20.8 Å². The molecule has 0 bridgehead atoms. The van der Waals surface area contributed by atoms with Gasteiger partial charge in [-0.05, 0) is 61.7 Å². The second-order valence-corrected chi connectivity index (χ2v) is 10.1. The molecule has 0 fully saturated rings. The minimum absolute atomic E-state index is 0.0103. The molecule has 0 aliphatic rings. The monoisotopic (exact) mass is 499 g/mol.